The molecule has 6 N–H and O–H groups in total. The number of allylic oxidation sites excluding steroid dienone is 1. The summed E-state index contributed by atoms with van der Waals surface area (Å²) >= 11 is 0. The lowest BCUT2D eigenvalue weighted by Crippen LogP contribution is -2.28. The Morgan fingerprint density at radius 1 is 1.24 bits per heavy atom. The van der Waals surface area contributed by atoms with Gasteiger partial charge in [-0.1, -0.05) is 19.4 Å². The molecule has 0 aromatic heterocycles. The van der Waals surface area contributed by atoms with Gasteiger partial charge in [0, 0.05) is 30.4 Å². The lowest BCUT2D eigenvalue weighted by molar-refractivity contribution is -0.137. The number of nitrogens with one attached hydrogen (secondary N) is 3. The number of hydrogen-bond donors (Lipinski definition) is 5. The van der Waals surface area contributed by atoms with Crippen LogP contribution in [-0.2, 0) is 9.59 Å². The van der Waals surface area contributed by atoms with Crippen molar-refractivity contribution in [3.63, 3.8) is 0 Å². The molecule has 0 atom stereocenters. The van der Waals surface area contributed by atoms with Crippen molar-refractivity contribution in [1.29, 1.82) is 0 Å². The van der Waals surface area contributed by atoms with Crippen molar-refractivity contribution in [2.24, 2.45) is 15.7 Å². The number of aliphatic carboxylic acids is 1. The molecule has 1 aromatic rings. The fourth-order valence-electron chi connectivity index (χ4n) is 2.85. The Labute approximate surface area is 192 Å². The minimum absolute atomic E-state index is 0.0116. The quantitative estimate of drug-likeness (QED) is 0.195. The third-order valence-electron chi connectivity index (χ3n) is 4.50. The standard InChI is InChI=1S/C23H30N6O4/c1-3-4-6-19-21(23(33)28-15(2)24)29-18(14-27-19)13-26-17-10-8-16(9-11-17)22(32)25-12-5-7-20(30)31/h6,8-11,14,26-27H,3-5,7,12-13H2,1-2H3,(H,25,32)(H,30,31)(H2,24,28,33)/b19-6-. The highest BCUT2D eigenvalue weighted by Crippen LogP contribution is 2.14. The Bertz CT molecular complexity index is 989. The number of nitrogens with two attached hydrogens (primary N) is 1. The van der Waals surface area contributed by atoms with Gasteiger partial charge in [0.1, 0.15) is 5.84 Å². The smallest absolute Gasteiger partial charge is 0.303 e. The minimum Gasteiger partial charge on any atom is -0.481 e. The zero-order chi connectivity index (χ0) is 24.2. The lowest BCUT2D eigenvalue weighted by Gasteiger charge is -2.17. The second kappa shape index (κ2) is 12.8. The predicted octanol–water partition coefficient (Wildman–Crippen LogP) is 2.17. The molecule has 0 radical (unpaired) electrons. The van der Waals surface area contributed by atoms with Crippen molar-refractivity contribution >= 4 is 35.0 Å². The van der Waals surface area contributed by atoms with Crippen LogP contribution in [0.5, 0.6) is 0 Å². The van der Waals surface area contributed by atoms with Crippen molar-refractivity contribution in [2.75, 3.05) is 18.4 Å². The maximum atomic E-state index is 12.4. The SMILES string of the molecule is CCC/C=C1\NC=C(CNc2ccc(C(=O)NCCCC(=O)O)cc2)N=C1C(=O)N=C(C)N. The summed E-state index contributed by atoms with van der Waals surface area (Å²) in [4.78, 5) is 43.3. The zero-order valence-corrected chi connectivity index (χ0v) is 18.9. The minimum atomic E-state index is -0.890. The highest BCUT2D eigenvalue weighted by atomic mass is 16.4. The van der Waals surface area contributed by atoms with Crippen molar-refractivity contribution in [3.8, 4) is 0 Å². The molecule has 33 heavy (non-hydrogen) atoms. The van der Waals surface area contributed by atoms with Crippen molar-refractivity contribution in [3.05, 3.63) is 53.5 Å². The molecule has 0 fully saturated rings. The van der Waals surface area contributed by atoms with Gasteiger partial charge in [-0.05, 0) is 44.0 Å². The normalized spacial score (nSPS) is 14.7. The molecule has 1 heterocycles. The third-order valence-corrected chi connectivity index (χ3v) is 4.50. The van der Waals surface area contributed by atoms with E-state index in [4.69, 9.17) is 10.8 Å². The van der Waals surface area contributed by atoms with E-state index in [2.05, 4.69) is 25.9 Å². The predicted molar refractivity (Wildman–Crippen MR) is 128 cm³/mol. The van der Waals surface area contributed by atoms with Crippen LogP contribution in [0.25, 0.3) is 0 Å². The van der Waals surface area contributed by atoms with Crippen LogP contribution >= 0.6 is 0 Å². The van der Waals surface area contributed by atoms with Crippen molar-refractivity contribution in [2.45, 2.75) is 39.5 Å². The summed E-state index contributed by atoms with van der Waals surface area (Å²) in [5.41, 5.74) is 8.22. The summed E-state index contributed by atoms with van der Waals surface area (Å²) < 4.78 is 0. The molecule has 2 amide bonds. The Balaban J connectivity index is 1.98. The Morgan fingerprint density at radius 2 is 1.97 bits per heavy atom. The van der Waals surface area contributed by atoms with E-state index < -0.39 is 11.9 Å². The Hall–Kier alpha value is -3.95. The topological polar surface area (TPSA) is 158 Å². The largest absolute Gasteiger partial charge is 0.481 e. The summed E-state index contributed by atoms with van der Waals surface area (Å²) in [6.45, 7) is 4.23. The van der Waals surface area contributed by atoms with Crippen LogP contribution in [-0.4, -0.2) is 47.5 Å². The van der Waals surface area contributed by atoms with Crippen LogP contribution in [0.4, 0.5) is 5.69 Å². The first-order valence-corrected chi connectivity index (χ1v) is 10.7. The van der Waals surface area contributed by atoms with Gasteiger partial charge in [-0.2, -0.15) is 4.99 Å². The van der Waals surface area contributed by atoms with Crippen LogP contribution in [0, 0.1) is 0 Å². The average molecular weight is 455 g/mol. The van der Waals surface area contributed by atoms with Crippen LogP contribution in [0.3, 0.4) is 0 Å². The molecular formula is C23H30N6O4. The fraction of sp³-hybridized carbons (Fsp3) is 0.348. The van der Waals surface area contributed by atoms with E-state index in [0.29, 0.717) is 36.5 Å². The van der Waals surface area contributed by atoms with E-state index >= 15 is 0 Å². The summed E-state index contributed by atoms with van der Waals surface area (Å²) in [6, 6.07) is 6.86. The van der Waals surface area contributed by atoms with Crippen LogP contribution in [0.1, 0.15) is 49.9 Å². The molecule has 10 heteroatoms. The second-order valence-electron chi connectivity index (χ2n) is 7.39. The van der Waals surface area contributed by atoms with E-state index in [1.54, 1.807) is 37.4 Å². The average Bonchev–Trinajstić information content (AvgIpc) is 2.79. The van der Waals surface area contributed by atoms with Gasteiger partial charge < -0.3 is 26.8 Å². The van der Waals surface area contributed by atoms with Gasteiger partial charge in [-0.25, -0.2) is 4.99 Å². The monoisotopic (exact) mass is 454 g/mol. The molecule has 0 saturated heterocycles. The second-order valence-corrected chi connectivity index (χ2v) is 7.39. The van der Waals surface area contributed by atoms with Crippen molar-refractivity contribution in [1.82, 2.24) is 10.6 Å². The molecule has 2 rings (SSSR count). The number of nitrogens with zero attached hydrogens (tertiary/aromatic N) is 2. The number of hydrogen-bond acceptors (Lipinski definition) is 6. The highest BCUT2D eigenvalue weighted by Gasteiger charge is 2.20. The third kappa shape index (κ3) is 8.60. The number of unbranched alkanes of at least 4 members (excludes halogenated alkanes) is 1. The summed E-state index contributed by atoms with van der Waals surface area (Å²) in [6.07, 6.45) is 5.74. The fourth-order valence-corrected chi connectivity index (χ4v) is 2.85. The van der Waals surface area contributed by atoms with Crippen LogP contribution in [0.15, 0.2) is 57.9 Å². The van der Waals surface area contributed by atoms with E-state index in [1.165, 1.54) is 0 Å². The van der Waals surface area contributed by atoms with E-state index in [0.717, 1.165) is 18.5 Å². The molecule has 176 valence electrons. The summed E-state index contributed by atoms with van der Waals surface area (Å²) in [5.74, 6) is -1.49. The number of anilines is 1. The first kappa shape index (κ1) is 25.3. The van der Waals surface area contributed by atoms with E-state index in [1.807, 2.05) is 13.0 Å². The molecule has 0 unspecified atom stereocenters. The number of carboxylic acids is 1. The number of carbonyl (C=O) groups is 3. The number of amidine groups is 1. The molecule has 0 bridgehead atoms. The molecule has 0 saturated carbocycles. The number of rotatable bonds is 11. The number of aliphatic imine (C=N–C) groups is 2. The Kier molecular flexibility index (Phi) is 9.81. The zero-order valence-electron chi connectivity index (χ0n) is 18.9. The molecule has 1 aromatic carbocycles. The summed E-state index contributed by atoms with van der Waals surface area (Å²) in [5, 5.41) is 17.6. The van der Waals surface area contributed by atoms with Gasteiger partial charge >= 0.3 is 5.97 Å². The molecule has 1 aliphatic rings. The summed E-state index contributed by atoms with van der Waals surface area (Å²) in [7, 11) is 0. The van der Waals surface area contributed by atoms with Gasteiger partial charge in [0.25, 0.3) is 11.8 Å². The van der Waals surface area contributed by atoms with Crippen molar-refractivity contribution < 1.29 is 19.5 Å². The van der Waals surface area contributed by atoms with E-state index in [-0.39, 0.29) is 23.9 Å². The first-order chi connectivity index (χ1) is 15.8. The number of amides is 2. The van der Waals surface area contributed by atoms with Gasteiger partial charge in [-0.15, -0.1) is 0 Å². The molecular weight excluding hydrogens is 424 g/mol. The molecule has 0 aliphatic carbocycles. The number of carbonyl (C=O) groups excluding carboxylic acids is 2. The molecule has 1 aliphatic heterocycles. The Morgan fingerprint density at radius 3 is 2.61 bits per heavy atom. The van der Waals surface area contributed by atoms with Gasteiger partial charge in [-0.3, -0.25) is 14.4 Å². The van der Waals surface area contributed by atoms with Gasteiger partial charge in [0.05, 0.1) is 17.9 Å². The first-order valence-electron chi connectivity index (χ1n) is 10.7. The maximum absolute atomic E-state index is 12.4. The highest BCUT2D eigenvalue weighted by molar-refractivity contribution is 6.47. The number of carboxylic acid groups (broad SMARTS) is 1. The van der Waals surface area contributed by atoms with E-state index in [9.17, 15) is 14.4 Å². The molecule has 0 spiro atoms. The van der Waals surface area contributed by atoms with Gasteiger partial charge in [0.15, 0.2) is 5.71 Å². The maximum Gasteiger partial charge on any atom is 0.303 e. The molecule has 10 nitrogen and oxygen atoms in total. The van der Waals surface area contributed by atoms with Crippen LogP contribution in [0.2, 0.25) is 0 Å². The number of benzene rings is 1. The van der Waals surface area contributed by atoms with Gasteiger partial charge in [0.2, 0.25) is 0 Å². The lowest BCUT2D eigenvalue weighted by atomic mass is 10.1. The van der Waals surface area contributed by atoms with Crippen LogP contribution < -0.4 is 21.7 Å².